The number of allylic oxidation sites excluding steroid dienone is 22. The molecule has 6 heteroatoms. The van der Waals surface area contributed by atoms with E-state index in [1.807, 2.05) is 0 Å². The van der Waals surface area contributed by atoms with Crippen molar-refractivity contribution in [2.45, 2.75) is 290 Å². The summed E-state index contributed by atoms with van der Waals surface area (Å²) in [6.45, 7) is 6.39. The molecule has 0 aliphatic rings. The third-order valence-corrected chi connectivity index (χ3v) is 13.4. The molecule has 0 fully saturated rings. The van der Waals surface area contributed by atoms with Crippen molar-refractivity contribution in [3.8, 4) is 0 Å². The van der Waals surface area contributed by atoms with Gasteiger partial charge in [0.1, 0.15) is 13.2 Å². The van der Waals surface area contributed by atoms with Crippen LogP contribution in [0.3, 0.4) is 0 Å². The summed E-state index contributed by atoms with van der Waals surface area (Å²) in [5.74, 6) is -0.927. The molecule has 0 heterocycles. The van der Waals surface area contributed by atoms with Crippen LogP contribution >= 0.6 is 0 Å². The molecular formula is C72H118O6. The molecule has 0 amide bonds. The SMILES string of the molecule is CC/C=C\C/C=C\C/C=C\C/C=C\C/C=C\C/C=C\C/C=C\C/C=C\CCCCCCCCCCC(=O)OCC(COC(=O)CCCCC/C=C\C/C=C\C/C=C\CC)OC(=O)CCCCCCCCCCCCCCCC. The Hall–Kier alpha value is -4.45. The lowest BCUT2D eigenvalue weighted by molar-refractivity contribution is -0.167. The molecule has 442 valence electrons. The Morgan fingerprint density at radius 2 is 0.500 bits per heavy atom. The number of esters is 3. The van der Waals surface area contributed by atoms with E-state index in [0.717, 1.165) is 141 Å². The van der Waals surface area contributed by atoms with E-state index in [0.29, 0.717) is 19.3 Å². The minimum atomic E-state index is -0.796. The van der Waals surface area contributed by atoms with Gasteiger partial charge in [-0.3, -0.25) is 14.4 Å². The maximum Gasteiger partial charge on any atom is 0.306 e. The molecule has 6 nitrogen and oxygen atoms in total. The van der Waals surface area contributed by atoms with Crippen LogP contribution in [-0.4, -0.2) is 37.2 Å². The maximum atomic E-state index is 12.9. The average Bonchev–Trinajstić information content (AvgIpc) is 3.44. The van der Waals surface area contributed by atoms with Crippen LogP contribution in [0.4, 0.5) is 0 Å². The van der Waals surface area contributed by atoms with Gasteiger partial charge in [0.15, 0.2) is 6.10 Å². The van der Waals surface area contributed by atoms with Gasteiger partial charge >= 0.3 is 17.9 Å². The Balaban J connectivity index is 4.27. The van der Waals surface area contributed by atoms with Crippen LogP contribution in [0.1, 0.15) is 284 Å². The molecule has 0 saturated carbocycles. The van der Waals surface area contributed by atoms with Gasteiger partial charge < -0.3 is 14.2 Å². The van der Waals surface area contributed by atoms with Crippen LogP contribution in [0.15, 0.2) is 134 Å². The Labute approximate surface area is 481 Å². The predicted octanol–water partition coefficient (Wildman–Crippen LogP) is 22.2. The van der Waals surface area contributed by atoms with Gasteiger partial charge in [-0.25, -0.2) is 0 Å². The lowest BCUT2D eigenvalue weighted by atomic mass is 10.0. The monoisotopic (exact) mass is 1080 g/mol. The van der Waals surface area contributed by atoms with Crippen molar-refractivity contribution < 1.29 is 28.6 Å². The summed E-state index contributed by atoms with van der Waals surface area (Å²) in [7, 11) is 0. The summed E-state index contributed by atoms with van der Waals surface area (Å²) in [5.41, 5.74) is 0. The third-order valence-electron chi connectivity index (χ3n) is 13.4. The zero-order chi connectivity index (χ0) is 56.4. The number of hydrogen-bond acceptors (Lipinski definition) is 6. The van der Waals surface area contributed by atoms with Crippen molar-refractivity contribution in [3.63, 3.8) is 0 Å². The van der Waals surface area contributed by atoms with E-state index in [1.54, 1.807) is 0 Å². The van der Waals surface area contributed by atoms with E-state index >= 15 is 0 Å². The van der Waals surface area contributed by atoms with E-state index in [9.17, 15) is 14.4 Å². The first-order valence-electron chi connectivity index (χ1n) is 32.2. The normalized spacial score (nSPS) is 13.0. The highest BCUT2D eigenvalue weighted by atomic mass is 16.6. The van der Waals surface area contributed by atoms with Crippen LogP contribution < -0.4 is 0 Å². The minimum Gasteiger partial charge on any atom is -0.462 e. The second-order valence-electron chi connectivity index (χ2n) is 20.9. The standard InChI is InChI=1S/C72H118O6/c1-4-7-10-13-16-19-22-25-27-28-29-30-31-32-33-34-35-36-37-38-39-40-41-42-43-44-45-48-50-53-56-59-62-65-71(74)77-68-69(67-76-70(73)64-61-58-55-52-49-46-24-21-18-15-12-9-6-3)78-72(75)66-63-60-57-54-51-47-26-23-20-17-14-11-8-5-2/h7,9-10,12,16,18-19,21,25,27,29-30,32-33,35-36,38-39,41-42,46,49,69H,4-6,8,11,13-15,17,20,22-24,26,28,31,34,37,40,43-45,47-48,50-68H2,1-3H3/b10-7-,12-9-,19-16-,21-18-,27-25-,30-29-,33-32-,36-35-,39-38-,42-41-,49-46-. The highest BCUT2D eigenvalue weighted by molar-refractivity contribution is 5.71. The molecule has 0 aliphatic heterocycles. The second kappa shape index (κ2) is 65.1. The van der Waals surface area contributed by atoms with Crippen LogP contribution in [0.2, 0.25) is 0 Å². The molecule has 0 saturated heterocycles. The minimum absolute atomic E-state index is 0.0927. The molecule has 0 aliphatic carbocycles. The first-order valence-corrected chi connectivity index (χ1v) is 32.2. The number of rotatable bonds is 57. The Bertz CT molecular complexity index is 1670. The van der Waals surface area contributed by atoms with Gasteiger partial charge in [0.05, 0.1) is 0 Å². The first kappa shape index (κ1) is 73.5. The molecule has 0 aromatic carbocycles. The summed E-state index contributed by atoms with van der Waals surface area (Å²) >= 11 is 0. The number of unbranched alkanes of at least 4 members (excludes halogenated alkanes) is 24. The summed E-state index contributed by atoms with van der Waals surface area (Å²) in [6, 6.07) is 0. The molecule has 1 atom stereocenters. The van der Waals surface area contributed by atoms with Gasteiger partial charge in [-0.2, -0.15) is 0 Å². The summed E-state index contributed by atoms with van der Waals surface area (Å²) in [5, 5.41) is 0. The number of ether oxygens (including phenoxy) is 3. The molecule has 0 rings (SSSR count). The molecule has 78 heavy (non-hydrogen) atoms. The zero-order valence-corrected chi connectivity index (χ0v) is 50.6. The Morgan fingerprint density at radius 1 is 0.269 bits per heavy atom. The fraction of sp³-hybridized carbons (Fsp3) is 0.653. The number of hydrogen-bond donors (Lipinski definition) is 0. The number of carbonyl (C=O) groups excluding carboxylic acids is 3. The average molecular weight is 1080 g/mol. The van der Waals surface area contributed by atoms with E-state index in [4.69, 9.17) is 14.2 Å². The van der Waals surface area contributed by atoms with Crippen molar-refractivity contribution >= 4 is 17.9 Å². The van der Waals surface area contributed by atoms with Crippen molar-refractivity contribution in [2.24, 2.45) is 0 Å². The highest BCUT2D eigenvalue weighted by Crippen LogP contribution is 2.16. The molecule has 0 spiro atoms. The maximum absolute atomic E-state index is 12.9. The van der Waals surface area contributed by atoms with Gasteiger partial charge in [-0.1, -0.05) is 283 Å². The largest absolute Gasteiger partial charge is 0.462 e. The summed E-state index contributed by atoms with van der Waals surface area (Å²) in [4.78, 5) is 38.2. The molecule has 0 radical (unpaired) electrons. The summed E-state index contributed by atoms with van der Waals surface area (Å²) in [6.07, 6.45) is 91.8. The van der Waals surface area contributed by atoms with Crippen molar-refractivity contribution in [1.29, 1.82) is 0 Å². The molecule has 0 aromatic rings. The number of carbonyl (C=O) groups is 3. The van der Waals surface area contributed by atoms with Gasteiger partial charge in [-0.05, 0) is 116 Å². The fourth-order valence-corrected chi connectivity index (χ4v) is 8.65. The van der Waals surface area contributed by atoms with Crippen LogP contribution in [0.25, 0.3) is 0 Å². The molecule has 1 unspecified atom stereocenters. The van der Waals surface area contributed by atoms with Crippen LogP contribution in [-0.2, 0) is 28.6 Å². The summed E-state index contributed by atoms with van der Waals surface area (Å²) < 4.78 is 16.9. The van der Waals surface area contributed by atoms with Crippen molar-refractivity contribution in [2.75, 3.05) is 13.2 Å². The first-order chi connectivity index (χ1) is 38.5. The zero-order valence-electron chi connectivity index (χ0n) is 50.6. The molecule has 0 bridgehead atoms. The van der Waals surface area contributed by atoms with Gasteiger partial charge in [0, 0.05) is 19.3 Å². The predicted molar refractivity (Wildman–Crippen MR) is 339 cm³/mol. The van der Waals surface area contributed by atoms with E-state index in [1.165, 1.54) is 103 Å². The van der Waals surface area contributed by atoms with Crippen molar-refractivity contribution in [1.82, 2.24) is 0 Å². The van der Waals surface area contributed by atoms with E-state index in [-0.39, 0.29) is 31.1 Å². The Morgan fingerprint density at radius 3 is 0.795 bits per heavy atom. The third kappa shape index (κ3) is 62.4. The van der Waals surface area contributed by atoms with Gasteiger partial charge in [-0.15, -0.1) is 0 Å². The quantitative estimate of drug-likeness (QED) is 0.0261. The van der Waals surface area contributed by atoms with Crippen LogP contribution in [0, 0.1) is 0 Å². The lowest BCUT2D eigenvalue weighted by Gasteiger charge is -2.18. The molecule has 0 N–H and O–H groups in total. The highest BCUT2D eigenvalue weighted by Gasteiger charge is 2.19. The van der Waals surface area contributed by atoms with Gasteiger partial charge in [0.2, 0.25) is 0 Å². The lowest BCUT2D eigenvalue weighted by Crippen LogP contribution is -2.30. The fourth-order valence-electron chi connectivity index (χ4n) is 8.65. The smallest absolute Gasteiger partial charge is 0.306 e. The molecule has 0 aromatic heterocycles. The van der Waals surface area contributed by atoms with E-state index < -0.39 is 6.10 Å². The topological polar surface area (TPSA) is 78.9 Å². The van der Waals surface area contributed by atoms with E-state index in [2.05, 4.69) is 154 Å². The van der Waals surface area contributed by atoms with Crippen LogP contribution in [0.5, 0.6) is 0 Å². The molecular weight excluding hydrogens is 961 g/mol. The van der Waals surface area contributed by atoms with Crippen molar-refractivity contribution in [3.05, 3.63) is 134 Å². The Kier molecular flexibility index (Phi) is 61.4. The van der Waals surface area contributed by atoms with Gasteiger partial charge in [0.25, 0.3) is 0 Å². The second-order valence-corrected chi connectivity index (χ2v) is 20.9.